The number of carbonyl (C=O) groups is 2. The SMILES string of the molecule is Nc1ccc(C(=O)O)c(O)c1.O=C1CCCCC1. The van der Waals surface area contributed by atoms with Gasteiger partial charge in [-0.05, 0) is 25.0 Å². The van der Waals surface area contributed by atoms with Gasteiger partial charge in [-0.2, -0.15) is 0 Å². The van der Waals surface area contributed by atoms with E-state index in [9.17, 15) is 9.59 Å². The summed E-state index contributed by atoms with van der Waals surface area (Å²) in [5.74, 6) is -1.01. The van der Waals surface area contributed by atoms with Crippen LogP contribution < -0.4 is 5.73 Å². The van der Waals surface area contributed by atoms with E-state index < -0.39 is 5.97 Å². The van der Waals surface area contributed by atoms with Crippen molar-refractivity contribution in [2.45, 2.75) is 32.1 Å². The zero-order valence-electron chi connectivity index (χ0n) is 10.1. The van der Waals surface area contributed by atoms with Crippen molar-refractivity contribution in [1.82, 2.24) is 0 Å². The summed E-state index contributed by atoms with van der Waals surface area (Å²) in [5.41, 5.74) is 5.48. The molecule has 0 amide bonds. The summed E-state index contributed by atoms with van der Waals surface area (Å²) in [5, 5.41) is 17.5. The summed E-state index contributed by atoms with van der Waals surface area (Å²) < 4.78 is 0. The number of anilines is 1. The van der Waals surface area contributed by atoms with E-state index in [1.54, 1.807) is 0 Å². The number of benzene rings is 1. The van der Waals surface area contributed by atoms with Gasteiger partial charge >= 0.3 is 5.97 Å². The number of rotatable bonds is 1. The number of carboxylic acid groups (broad SMARTS) is 1. The van der Waals surface area contributed by atoms with Crippen LogP contribution in [0, 0.1) is 0 Å². The van der Waals surface area contributed by atoms with Gasteiger partial charge < -0.3 is 15.9 Å². The quantitative estimate of drug-likeness (QED) is 0.664. The lowest BCUT2D eigenvalue weighted by atomic mass is 10.00. The number of nitrogen functional groups attached to an aromatic ring is 1. The van der Waals surface area contributed by atoms with Crippen molar-refractivity contribution in [1.29, 1.82) is 0 Å². The van der Waals surface area contributed by atoms with E-state index in [2.05, 4.69) is 0 Å². The zero-order chi connectivity index (χ0) is 13.5. The van der Waals surface area contributed by atoms with Crippen LogP contribution in [0.5, 0.6) is 5.75 Å². The van der Waals surface area contributed by atoms with Gasteiger partial charge in [0.05, 0.1) is 0 Å². The fraction of sp³-hybridized carbons (Fsp3) is 0.385. The number of aromatic hydroxyl groups is 1. The molecule has 1 aliphatic carbocycles. The van der Waals surface area contributed by atoms with Crippen molar-refractivity contribution in [3.63, 3.8) is 0 Å². The third-order valence-electron chi connectivity index (χ3n) is 2.66. The van der Waals surface area contributed by atoms with Crippen LogP contribution in [0.4, 0.5) is 5.69 Å². The molecule has 0 aliphatic heterocycles. The van der Waals surface area contributed by atoms with Gasteiger partial charge in [0.25, 0.3) is 0 Å². The summed E-state index contributed by atoms with van der Waals surface area (Å²) in [7, 11) is 0. The Morgan fingerprint density at radius 3 is 2.17 bits per heavy atom. The molecule has 1 aromatic carbocycles. The molecule has 1 fully saturated rings. The number of hydrogen-bond donors (Lipinski definition) is 3. The first kappa shape index (κ1) is 14.0. The molecule has 18 heavy (non-hydrogen) atoms. The third kappa shape index (κ3) is 4.45. The van der Waals surface area contributed by atoms with E-state index >= 15 is 0 Å². The van der Waals surface area contributed by atoms with Crippen molar-refractivity contribution < 1.29 is 19.8 Å². The number of hydrogen-bond acceptors (Lipinski definition) is 4. The minimum atomic E-state index is -1.16. The molecule has 1 aromatic rings. The molecule has 4 N–H and O–H groups in total. The van der Waals surface area contributed by atoms with Crippen molar-refractivity contribution in [3.8, 4) is 5.75 Å². The highest BCUT2D eigenvalue weighted by Crippen LogP contribution is 2.19. The van der Waals surface area contributed by atoms with Gasteiger partial charge in [0.15, 0.2) is 0 Å². The lowest BCUT2D eigenvalue weighted by Gasteiger charge is -2.05. The average Bonchev–Trinajstić information content (AvgIpc) is 2.30. The third-order valence-corrected chi connectivity index (χ3v) is 2.66. The predicted molar refractivity (Wildman–Crippen MR) is 67.6 cm³/mol. The Kier molecular flexibility index (Phi) is 5.17. The maximum Gasteiger partial charge on any atom is 0.339 e. The number of Topliss-reactive ketones (excluding diaryl/α,β-unsaturated/α-hetero) is 1. The second kappa shape index (κ2) is 6.64. The molecular formula is C13H17NO4. The van der Waals surface area contributed by atoms with Gasteiger partial charge in [-0.3, -0.25) is 4.79 Å². The van der Waals surface area contributed by atoms with Crippen molar-refractivity contribution in [2.75, 3.05) is 5.73 Å². The van der Waals surface area contributed by atoms with Gasteiger partial charge in [0.2, 0.25) is 0 Å². The largest absolute Gasteiger partial charge is 0.507 e. The molecule has 5 nitrogen and oxygen atoms in total. The Hall–Kier alpha value is -2.04. The summed E-state index contributed by atoms with van der Waals surface area (Å²) in [4.78, 5) is 20.8. The number of aromatic carboxylic acids is 1. The van der Waals surface area contributed by atoms with Gasteiger partial charge in [-0.25, -0.2) is 4.79 Å². The van der Waals surface area contributed by atoms with Gasteiger partial charge in [0, 0.05) is 24.6 Å². The minimum Gasteiger partial charge on any atom is -0.507 e. The van der Waals surface area contributed by atoms with Crippen molar-refractivity contribution in [3.05, 3.63) is 23.8 Å². The Morgan fingerprint density at radius 1 is 1.17 bits per heavy atom. The molecule has 0 heterocycles. The normalized spacial score (nSPS) is 14.6. The number of carboxylic acids is 1. The van der Waals surface area contributed by atoms with Crippen LogP contribution in [0.15, 0.2) is 18.2 Å². The monoisotopic (exact) mass is 251 g/mol. The number of carbonyl (C=O) groups excluding carboxylic acids is 1. The highest BCUT2D eigenvalue weighted by Gasteiger charge is 2.07. The highest BCUT2D eigenvalue weighted by atomic mass is 16.4. The summed E-state index contributed by atoms with van der Waals surface area (Å²) in [6.07, 6.45) is 5.24. The van der Waals surface area contributed by atoms with Crippen molar-refractivity contribution >= 4 is 17.4 Å². The van der Waals surface area contributed by atoms with Crippen LogP contribution in [-0.2, 0) is 4.79 Å². The van der Waals surface area contributed by atoms with Crippen LogP contribution in [0.1, 0.15) is 42.5 Å². The summed E-state index contributed by atoms with van der Waals surface area (Å²) in [6, 6.07) is 3.87. The molecule has 0 radical (unpaired) electrons. The van der Waals surface area contributed by atoms with Crippen LogP contribution >= 0.6 is 0 Å². The molecule has 5 heteroatoms. The molecular weight excluding hydrogens is 234 g/mol. The van der Waals surface area contributed by atoms with E-state index in [-0.39, 0.29) is 11.3 Å². The molecule has 1 saturated carbocycles. The zero-order valence-corrected chi connectivity index (χ0v) is 10.1. The Bertz CT molecular complexity index is 435. The molecule has 0 aromatic heterocycles. The summed E-state index contributed by atoms with van der Waals surface area (Å²) >= 11 is 0. The smallest absolute Gasteiger partial charge is 0.339 e. The molecule has 0 bridgehead atoms. The standard InChI is InChI=1S/C7H7NO3.C6H10O/c8-4-1-2-5(7(10)11)6(9)3-4;7-6-4-2-1-3-5-6/h1-3,9H,8H2,(H,10,11);1-5H2. The Morgan fingerprint density at radius 2 is 1.78 bits per heavy atom. The lowest BCUT2D eigenvalue weighted by molar-refractivity contribution is -0.120. The summed E-state index contributed by atoms with van der Waals surface area (Å²) in [6.45, 7) is 0. The van der Waals surface area contributed by atoms with E-state index in [1.165, 1.54) is 24.6 Å². The molecule has 2 rings (SSSR count). The lowest BCUT2D eigenvalue weighted by Crippen LogP contribution is -2.02. The van der Waals surface area contributed by atoms with E-state index in [4.69, 9.17) is 15.9 Å². The van der Waals surface area contributed by atoms with E-state index in [1.807, 2.05) is 0 Å². The maximum atomic E-state index is 10.5. The Balaban J connectivity index is 0.000000199. The molecule has 0 spiro atoms. The van der Waals surface area contributed by atoms with Gasteiger partial charge in [-0.15, -0.1) is 0 Å². The first-order valence-corrected chi connectivity index (χ1v) is 5.84. The average molecular weight is 251 g/mol. The van der Waals surface area contributed by atoms with Crippen LogP contribution in [0.3, 0.4) is 0 Å². The first-order valence-electron chi connectivity index (χ1n) is 5.84. The highest BCUT2D eigenvalue weighted by molar-refractivity contribution is 5.91. The van der Waals surface area contributed by atoms with E-state index in [0.29, 0.717) is 11.5 Å². The molecule has 0 unspecified atom stereocenters. The molecule has 0 saturated heterocycles. The predicted octanol–water partition coefficient (Wildman–Crippen LogP) is 2.19. The van der Waals surface area contributed by atoms with Crippen LogP contribution in [0.2, 0.25) is 0 Å². The number of phenols is 1. The maximum absolute atomic E-state index is 10.5. The second-order valence-corrected chi connectivity index (χ2v) is 4.18. The fourth-order valence-corrected chi connectivity index (χ4v) is 1.68. The molecule has 98 valence electrons. The molecule has 0 atom stereocenters. The minimum absolute atomic E-state index is 0.140. The van der Waals surface area contributed by atoms with Gasteiger partial charge in [0.1, 0.15) is 17.1 Å². The van der Waals surface area contributed by atoms with Crippen LogP contribution in [-0.4, -0.2) is 22.0 Å². The van der Waals surface area contributed by atoms with E-state index in [0.717, 1.165) is 25.7 Å². The Labute approximate surface area is 105 Å². The number of ketones is 1. The fourth-order valence-electron chi connectivity index (χ4n) is 1.68. The first-order chi connectivity index (χ1) is 8.50. The number of nitrogens with two attached hydrogens (primary N) is 1. The van der Waals surface area contributed by atoms with Crippen molar-refractivity contribution in [2.24, 2.45) is 0 Å². The topological polar surface area (TPSA) is 101 Å². The molecule has 1 aliphatic rings. The second-order valence-electron chi connectivity index (χ2n) is 4.18. The van der Waals surface area contributed by atoms with Crippen LogP contribution in [0.25, 0.3) is 0 Å². The van der Waals surface area contributed by atoms with Gasteiger partial charge in [-0.1, -0.05) is 6.42 Å².